The summed E-state index contributed by atoms with van der Waals surface area (Å²) in [5.41, 5.74) is 5.84. The average Bonchev–Trinajstić information content (AvgIpc) is 3.08. The Balaban J connectivity index is 1.90. The smallest absolute Gasteiger partial charge is 0.262 e. The molecule has 0 aliphatic rings. The molecule has 0 saturated heterocycles. The molecule has 0 spiro atoms. The van der Waals surface area contributed by atoms with E-state index in [0.29, 0.717) is 16.9 Å². The fourth-order valence-electron chi connectivity index (χ4n) is 3.76. The van der Waals surface area contributed by atoms with Gasteiger partial charge in [0.1, 0.15) is 0 Å². The van der Waals surface area contributed by atoms with Gasteiger partial charge < -0.3 is 4.57 Å². The van der Waals surface area contributed by atoms with Crippen molar-refractivity contribution in [2.75, 3.05) is 0 Å². The number of aromatic nitrogens is 3. The zero-order chi connectivity index (χ0) is 21.6. The summed E-state index contributed by atoms with van der Waals surface area (Å²) < 4.78 is 3.42. The van der Waals surface area contributed by atoms with Crippen molar-refractivity contribution < 1.29 is 4.79 Å². The first-order valence-corrected chi connectivity index (χ1v) is 10.1. The van der Waals surface area contributed by atoms with E-state index in [-0.39, 0.29) is 11.3 Å². The van der Waals surface area contributed by atoms with Crippen LogP contribution in [0.25, 0.3) is 17.0 Å². The maximum atomic E-state index is 13.2. The molecule has 1 atom stereocenters. The lowest BCUT2D eigenvalue weighted by molar-refractivity contribution is 0.0936. The van der Waals surface area contributed by atoms with E-state index in [2.05, 4.69) is 0 Å². The largest absolute Gasteiger partial charge is 0.307 e. The Morgan fingerprint density at radius 3 is 2.07 bits per heavy atom. The first kappa shape index (κ1) is 19.8. The van der Waals surface area contributed by atoms with Gasteiger partial charge in [-0.25, -0.2) is 9.38 Å². The minimum atomic E-state index is -0.498. The number of rotatable bonds is 4. The molecule has 152 valence electrons. The van der Waals surface area contributed by atoms with Crippen molar-refractivity contribution in [3.8, 4) is 11.3 Å². The van der Waals surface area contributed by atoms with Crippen LogP contribution in [-0.2, 0) is 0 Å². The van der Waals surface area contributed by atoms with Gasteiger partial charge in [0.15, 0.2) is 5.78 Å². The normalized spacial score (nSPS) is 12.3. The second-order valence-electron chi connectivity index (χ2n) is 7.98. The van der Waals surface area contributed by atoms with Gasteiger partial charge in [0, 0.05) is 22.9 Å². The van der Waals surface area contributed by atoms with Crippen molar-refractivity contribution >= 4 is 11.6 Å². The Hall–Kier alpha value is -3.47. The summed E-state index contributed by atoms with van der Waals surface area (Å²) in [7, 11) is 0. The molecule has 4 aromatic rings. The van der Waals surface area contributed by atoms with Crippen LogP contribution in [0, 0.1) is 27.7 Å². The average molecular weight is 399 g/mol. The van der Waals surface area contributed by atoms with E-state index >= 15 is 0 Å². The number of nitrogens with zero attached hydrogens (tertiary/aromatic N) is 3. The van der Waals surface area contributed by atoms with Crippen LogP contribution >= 0.6 is 0 Å². The zero-order valence-corrected chi connectivity index (χ0v) is 17.9. The van der Waals surface area contributed by atoms with Crippen molar-refractivity contribution in [3.63, 3.8) is 0 Å². The molecule has 0 aliphatic heterocycles. The highest BCUT2D eigenvalue weighted by Crippen LogP contribution is 2.25. The van der Waals surface area contributed by atoms with Crippen LogP contribution in [0.3, 0.4) is 0 Å². The fraction of sp³-hybridized carbons (Fsp3) is 0.240. The summed E-state index contributed by atoms with van der Waals surface area (Å²) in [4.78, 5) is 30.9. The number of ketones is 1. The molecular formula is C25H25N3O2. The van der Waals surface area contributed by atoms with Gasteiger partial charge in [0.25, 0.3) is 5.56 Å². The van der Waals surface area contributed by atoms with Crippen molar-refractivity contribution in [2.24, 2.45) is 0 Å². The third-order valence-corrected chi connectivity index (χ3v) is 5.65. The molecule has 0 saturated carbocycles. The van der Waals surface area contributed by atoms with Crippen molar-refractivity contribution in [2.45, 2.75) is 40.7 Å². The number of aryl methyl sites for hydroxylation is 4. The van der Waals surface area contributed by atoms with Gasteiger partial charge in [-0.2, -0.15) is 0 Å². The standard InChI is InChI=1S/C25H25N3O2/c1-15-6-10-20(11-7-15)22-18(4)28-24(30)17(3)14-27(25(28)26-22)19(5)23(29)21-12-8-16(2)9-13-21/h6-14,19H,1-5H3. The van der Waals surface area contributed by atoms with Crippen LogP contribution in [0.15, 0.2) is 59.5 Å². The van der Waals surface area contributed by atoms with Gasteiger partial charge in [0.05, 0.1) is 17.4 Å². The van der Waals surface area contributed by atoms with Gasteiger partial charge in [-0.1, -0.05) is 59.7 Å². The maximum Gasteiger partial charge on any atom is 0.262 e. The van der Waals surface area contributed by atoms with E-state index in [1.165, 1.54) is 0 Å². The Kier molecular flexibility index (Phi) is 4.90. The molecule has 0 amide bonds. The molecule has 1 unspecified atom stereocenters. The lowest BCUT2D eigenvalue weighted by atomic mass is 10.0. The van der Waals surface area contributed by atoms with Crippen LogP contribution in [0.4, 0.5) is 0 Å². The summed E-state index contributed by atoms with van der Waals surface area (Å²) in [5.74, 6) is 0.462. The predicted molar refractivity (Wildman–Crippen MR) is 119 cm³/mol. The number of carbonyl (C=O) groups is 1. The summed E-state index contributed by atoms with van der Waals surface area (Å²) in [5, 5.41) is 0. The highest BCUT2D eigenvalue weighted by molar-refractivity contribution is 5.99. The summed E-state index contributed by atoms with van der Waals surface area (Å²) in [6, 6.07) is 15.1. The minimum absolute atomic E-state index is 0.0162. The Labute approximate surface area is 175 Å². The topological polar surface area (TPSA) is 56.4 Å². The van der Waals surface area contributed by atoms with Crippen LogP contribution < -0.4 is 5.56 Å². The predicted octanol–water partition coefficient (Wildman–Crippen LogP) is 4.84. The van der Waals surface area contributed by atoms with Crippen molar-refractivity contribution in [3.05, 3.63) is 93.0 Å². The lowest BCUT2D eigenvalue weighted by Gasteiger charge is -2.17. The SMILES string of the molecule is Cc1ccc(C(=O)C(C)n2cc(C)c(=O)n3c(C)c(-c4ccc(C)cc4)nc23)cc1. The molecule has 5 heteroatoms. The molecule has 2 aromatic carbocycles. The number of imidazole rings is 1. The molecule has 5 nitrogen and oxygen atoms in total. The molecule has 0 fully saturated rings. The van der Waals surface area contributed by atoms with Crippen LogP contribution in [0.2, 0.25) is 0 Å². The monoisotopic (exact) mass is 399 g/mol. The van der Waals surface area contributed by atoms with Gasteiger partial charge in [0.2, 0.25) is 5.78 Å². The minimum Gasteiger partial charge on any atom is -0.307 e. The second kappa shape index (κ2) is 7.41. The van der Waals surface area contributed by atoms with E-state index in [0.717, 1.165) is 28.1 Å². The molecule has 0 radical (unpaired) electrons. The highest BCUT2D eigenvalue weighted by atomic mass is 16.1. The number of hydrogen-bond donors (Lipinski definition) is 0. The first-order chi connectivity index (χ1) is 14.3. The second-order valence-corrected chi connectivity index (χ2v) is 7.98. The highest BCUT2D eigenvalue weighted by Gasteiger charge is 2.23. The number of benzene rings is 2. The number of Topliss-reactive ketones (excluding diaryl/α,β-unsaturated/α-hetero) is 1. The number of fused-ring (bicyclic) bond motifs is 1. The van der Waals surface area contributed by atoms with Gasteiger partial charge in [-0.3, -0.25) is 9.59 Å². The molecule has 0 bridgehead atoms. The molecule has 4 rings (SSSR count). The van der Waals surface area contributed by atoms with E-state index in [1.807, 2.05) is 80.8 Å². The van der Waals surface area contributed by atoms with Crippen molar-refractivity contribution in [1.29, 1.82) is 0 Å². The molecular weight excluding hydrogens is 374 g/mol. The van der Waals surface area contributed by atoms with Crippen LogP contribution in [0.1, 0.15) is 45.7 Å². The Morgan fingerprint density at radius 2 is 1.47 bits per heavy atom. The van der Waals surface area contributed by atoms with Crippen LogP contribution in [-0.4, -0.2) is 19.7 Å². The number of hydrogen-bond acceptors (Lipinski definition) is 3. The summed E-state index contributed by atoms with van der Waals surface area (Å²) in [6.45, 7) is 9.54. The zero-order valence-electron chi connectivity index (χ0n) is 17.9. The van der Waals surface area contributed by atoms with E-state index < -0.39 is 6.04 Å². The van der Waals surface area contributed by atoms with Crippen molar-refractivity contribution in [1.82, 2.24) is 14.0 Å². The summed E-state index contributed by atoms with van der Waals surface area (Å²) >= 11 is 0. The third-order valence-electron chi connectivity index (χ3n) is 5.65. The van der Waals surface area contributed by atoms with E-state index in [9.17, 15) is 9.59 Å². The van der Waals surface area contributed by atoms with Gasteiger partial charge in [-0.15, -0.1) is 0 Å². The molecule has 0 N–H and O–H groups in total. The fourth-order valence-corrected chi connectivity index (χ4v) is 3.76. The van der Waals surface area contributed by atoms with Gasteiger partial charge in [-0.05, 0) is 34.6 Å². The molecule has 0 aliphatic carbocycles. The van der Waals surface area contributed by atoms with Crippen LogP contribution in [0.5, 0.6) is 0 Å². The van der Waals surface area contributed by atoms with E-state index in [1.54, 1.807) is 17.5 Å². The molecule has 2 heterocycles. The Morgan fingerprint density at radius 1 is 0.900 bits per heavy atom. The molecule has 30 heavy (non-hydrogen) atoms. The van der Waals surface area contributed by atoms with E-state index in [4.69, 9.17) is 4.98 Å². The quantitative estimate of drug-likeness (QED) is 0.461. The maximum absolute atomic E-state index is 13.2. The summed E-state index contributed by atoms with van der Waals surface area (Å²) in [6.07, 6.45) is 1.74. The van der Waals surface area contributed by atoms with Gasteiger partial charge >= 0.3 is 0 Å². The Bertz CT molecular complexity index is 1310. The molecule has 2 aromatic heterocycles. The third kappa shape index (κ3) is 3.26. The lowest BCUT2D eigenvalue weighted by Crippen LogP contribution is -2.25. The number of carbonyl (C=O) groups excluding carboxylic acids is 1. The first-order valence-electron chi connectivity index (χ1n) is 10.1.